The van der Waals surface area contributed by atoms with Gasteiger partial charge in [-0.2, -0.15) is 0 Å². The summed E-state index contributed by atoms with van der Waals surface area (Å²) in [5.41, 5.74) is 6.45. The van der Waals surface area contributed by atoms with Crippen LogP contribution in [0.3, 0.4) is 0 Å². The van der Waals surface area contributed by atoms with Gasteiger partial charge < -0.3 is 26.8 Å². The number of amides is 3. The summed E-state index contributed by atoms with van der Waals surface area (Å²) < 4.78 is 0. The Hall–Kier alpha value is -2.61. The summed E-state index contributed by atoms with van der Waals surface area (Å²) in [7, 11) is 0. The Morgan fingerprint density at radius 3 is 2.28 bits per heavy atom. The molecule has 3 atom stereocenters. The molecule has 6 N–H and O–H groups in total. The van der Waals surface area contributed by atoms with E-state index in [0.717, 1.165) is 31.2 Å². The molecule has 0 heterocycles. The number of hydrogen-bond acceptors (Lipinski definition) is 4. The molecule has 0 aliphatic heterocycles. The first-order valence-corrected chi connectivity index (χ1v) is 11.8. The third-order valence-corrected chi connectivity index (χ3v) is 6.12. The fraction of sp³-hybridized carbons (Fsp3) is 0.625. The second-order valence-corrected chi connectivity index (χ2v) is 8.73. The molecule has 1 fully saturated rings. The molecular formula is C24H38N4O4. The number of benzene rings is 1. The molecule has 0 radical (unpaired) electrons. The minimum Gasteiger partial charge on any atom is -0.480 e. The molecule has 0 saturated heterocycles. The Bertz CT molecular complexity index is 722. The van der Waals surface area contributed by atoms with Gasteiger partial charge in [0.05, 0.1) is 6.04 Å². The number of aliphatic carboxylic acids is 1. The quantitative estimate of drug-likeness (QED) is 0.315. The monoisotopic (exact) mass is 446 g/mol. The second-order valence-electron chi connectivity index (χ2n) is 8.73. The van der Waals surface area contributed by atoms with Gasteiger partial charge in [-0.1, -0.05) is 62.4 Å². The second kappa shape index (κ2) is 13.7. The smallest absolute Gasteiger partial charge is 0.326 e. The lowest BCUT2D eigenvalue weighted by Gasteiger charge is -2.28. The molecule has 3 amide bonds. The third-order valence-electron chi connectivity index (χ3n) is 6.12. The van der Waals surface area contributed by atoms with Crippen molar-refractivity contribution in [1.29, 1.82) is 0 Å². The highest BCUT2D eigenvalue weighted by atomic mass is 16.4. The molecule has 0 bridgehead atoms. The first-order chi connectivity index (χ1) is 15.4. The van der Waals surface area contributed by atoms with Gasteiger partial charge in [0.25, 0.3) is 0 Å². The summed E-state index contributed by atoms with van der Waals surface area (Å²) in [6.07, 6.45) is 7.69. The number of carboxylic acid groups (broad SMARTS) is 1. The van der Waals surface area contributed by atoms with Gasteiger partial charge in [-0.15, -0.1) is 0 Å². The predicted molar refractivity (Wildman–Crippen MR) is 124 cm³/mol. The maximum absolute atomic E-state index is 13.1. The maximum Gasteiger partial charge on any atom is 0.326 e. The maximum atomic E-state index is 13.1. The van der Waals surface area contributed by atoms with E-state index in [1.807, 2.05) is 37.3 Å². The molecule has 1 aliphatic carbocycles. The van der Waals surface area contributed by atoms with Gasteiger partial charge in [0, 0.05) is 0 Å². The molecule has 8 nitrogen and oxygen atoms in total. The van der Waals surface area contributed by atoms with Crippen LogP contribution >= 0.6 is 0 Å². The van der Waals surface area contributed by atoms with E-state index in [1.54, 1.807) is 0 Å². The van der Waals surface area contributed by atoms with E-state index in [9.17, 15) is 19.5 Å². The van der Waals surface area contributed by atoms with Crippen molar-refractivity contribution in [3.8, 4) is 0 Å². The first-order valence-electron chi connectivity index (χ1n) is 11.8. The number of carboxylic acids is 1. The van der Waals surface area contributed by atoms with Crippen LogP contribution in [-0.2, 0) is 9.59 Å². The fourth-order valence-corrected chi connectivity index (χ4v) is 4.24. The van der Waals surface area contributed by atoms with Gasteiger partial charge in [-0.05, 0) is 50.6 Å². The van der Waals surface area contributed by atoms with E-state index in [0.29, 0.717) is 38.1 Å². The SMILES string of the molecule is C[C@@H](NC(=O)[C@@H](CC1CCCCC1)NC(=O)N[C@@H](CCCCN)C(=O)O)c1ccccc1. The summed E-state index contributed by atoms with van der Waals surface area (Å²) in [6, 6.07) is 7.08. The summed E-state index contributed by atoms with van der Waals surface area (Å²) in [6.45, 7) is 2.38. The van der Waals surface area contributed by atoms with Gasteiger partial charge in [-0.25, -0.2) is 9.59 Å². The van der Waals surface area contributed by atoms with Crippen LogP contribution in [0.1, 0.15) is 76.3 Å². The number of nitrogens with one attached hydrogen (secondary N) is 3. The number of unbranched alkanes of at least 4 members (excludes halogenated alkanes) is 1. The Labute approximate surface area is 190 Å². The summed E-state index contributed by atoms with van der Waals surface area (Å²) in [4.78, 5) is 37.2. The van der Waals surface area contributed by atoms with Crippen LogP contribution in [0.2, 0.25) is 0 Å². The van der Waals surface area contributed by atoms with Crippen LogP contribution < -0.4 is 21.7 Å². The van der Waals surface area contributed by atoms with Crippen molar-refractivity contribution >= 4 is 17.9 Å². The zero-order valence-corrected chi connectivity index (χ0v) is 19.0. The largest absolute Gasteiger partial charge is 0.480 e. The van der Waals surface area contributed by atoms with Gasteiger partial charge in [0.2, 0.25) is 5.91 Å². The van der Waals surface area contributed by atoms with Crippen molar-refractivity contribution in [2.24, 2.45) is 11.7 Å². The minimum atomic E-state index is -1.09. The molecule has 0 spiro atoms. The molecule has 32 heavy (non-hydrogen) atoms. The van der Waals surface area contributed by atoms with E-state index in [4.69, 9.17) is 5.73 Å². The van der Waals surface area contributed by atoms with E-state index in [-0.39, 0.29) is 11.9 Å². The normalized spacial score (nSPS) is 17.1. The van der Waals surface area contributed by atoms with Crippen molar-refractivity contribution in [2.75, 3.05) is 6.54 Å². The first kappa shape index (κ1) is 25.6. The lowest BCUT2D eigenvalue weighted by Crippen LogP contribution is -2.54. The van der Waals surface area contributed by atoms with E-state index < -0.39 is 24.1 Å². The fourth-order valence-electron chi connectivity index (χ4n) is 4.24. The number of nitrogens with two attached hydrogens (primary N) is 1. The molecule has 0 aromatic heterocycles. The number of rotatable bonds is 12. The Kier molecular flexibility index (Phi) is 11.0. The lowest BCUT2D eigenvalue weighted by atomic mass is 9.84. The number of carbonyl (C=O) groups is 3. The Morgan fingerprint density at radius 2 is 1.66 bits per heavy atom. The van der Waals surface area contributed by atoms with Crippen LogP contribution in [0, 0.1) is 5.92 Å². The zero-order chi connectivity index (χ0) is 23.3. The number of urea groups is 1. The van der Waals surface area contributed by atoms with Crippen molar-refractivity contribution in [1.82, 2.24) is 16.0 Å². The van der Waals surface area contributed by atoms with Crippen molar-refractivity contribution in [2.45, 2.75) is 82.8 Å². The third kappa shape index (κ3) is 8.86. The van der Waals surface area contributed by atoms with Crippen molar-refractivity contribution in [3.63, 3.8) is 0 Å². The summed E-state index contributed by atoms with van der Waals surface area (Å²) >= 11 is 0. The lowest BCUT2D eigenvalue weighted by molar-refractivity contribution is -0.139. The van der Waals surface area contributed by atoms with E-state index in [2.05, 4.69) is 16.0 Å². The Balaban J connectivity index is 2.01. The highest BCUT2D eigenvalue weighted by Gasteiger charge is 2.28. The molecule has 2 rings (SSSR count). The van der Waals surface area contributed by atoms with Crippen LogP contribution in [-0.4, -0.2) is 41.6 Å². The summed E-state index contributed by atoms with van der Waals surface area (Å²) in [5, 5.41) is 17.7. The van der Waals surface area contributed by atoms with Gasteiger partial charge in [0.1, 0.15) is 12.1 Å². The highest BCUT2D eigenvalue weighted by molar-refractivity contribution is 5.89. The zero-order valence-electron chi connectivity index (χ0n) is 19.0. The topological polar surface area (TPSA) is 134 Å². The number of hydrogen-bond donors (Lipinski definition) is 5. The van der Waals surface area contributed by atoms with Gasteiger partial charge in [-0.3, -0.25) is 4.79 Å². The van der Waals surface area contributed by atoms with E-state index in [1.165, 1.54) is 6.42 Å². The molecule has 1 aromatic rings. The molecule has 178 valence electrons. The van der Waals surface area contributed by atoms with Crippen LogP contribution in [0.5, 0.6) is 0 Å². The van der Waals surface area contributed by atoms with E-state index >= 15 is 0 Å². The molecule has 0 unspecified atom stereocenters. The minimum absolute atomic E-state index is 0.203. The molecule has 1 aliphatic rings. The Morgan fingerprint density at radius 1 is 1.00 bits per heavy atom. The van der Waals surface area contributed by atoms with Crippen LogP contribution in [0.15, 0.2) is 30.3 Å². The molecule has 8 heteroatoms. The molecule has 1 saturated carbocycles. The summed E-state index contributed by atoms with van der Waals surface area (Å²) in [5.74, 6) is -0.980. The van der Waals surface area contributed by atoms with Crippen LogP contribution in [0.4, 0.5) is 4.79 Å². The average molecular weight is 447 g/mol. The standard InChI is InChI=1S/C24H38N4O4/c1-17(19-12-6-3-7-13-19)26-22(29)21(16-18-10-4-2-5-11-18)28-24(32)27-20(23(30)31)14-8-9-15-25/h3,6-7,12-13,17-18,20-21H,2,4-5,8-11,14-16,25H2,1H3,(H,26,29)(H,30,31)(H2,27,28,32)/t17-,20+,21-/m1/s1. The molecule has 1 aromatic carbocycles. The van der Waals surface area contributed by atoms with Crippen LogP contribution in [0.25, 0.3) is 0 Å². The van der Waals surface area contributed by atoms with Gasteiger partial charge in [0.15, 0.2) is 0 Å². The molecular weight excluding hydrogens is 408 g/mol. The predicted octanol–water partition coefficient (Wildman–Crippen LogP) is 3.08. The highest BCUT2D eigenvalue weighted by Crippen LogP contribution is 2.27. The van der Waals surface area contributed by atoms with Gasteiger partial charge >= 0.3 is 12.0 Å². The van der Waals surface area contributed by atoms with Crippen molar-refractivity contribution in [3.05, 3.63) is 35.9 Å². The average Bonchev–Trinajstić information content (AvgIpc) is 2.79. The number of carbonyl (C=O) groups excluding carboxylic acids is 2. The van der Waals surface area contributed by atoms with Crippen molar-refractivity contribution < 1.29 is 19.5 Å².